The highest BCUT2D eigenvalue weighted by Crippen LogP contribution is 2.67. The topological polar surface area (TPSA) is 106 Å². The molecule has 5 aromatic rings. The first-order valence-electron chi connectivity index (χ1n) is 14.8. The van der Waals surface area contributed by atoms with E-state index in [-0.39, 0.29) is 47.0 Å². The summed E-state index contributed by atoms with van der Waals surface area (Å²) in [5, 5.41) is 3.20. The van der Waals surface area contributed by atoms with Gasteiger partial charge in [-0.25, -0.2) is 28.1 Å². The summed E-state index contributed by atoms with van der Waals surface area (Å²) >= 11 is 0. The van der Waals surface area contributed by atoms with Crippen molar-refractivity contribution >= 4 is 23.0 Å². The van der Waals surface area contributed by atoms with Gasteiger partial charge in [-0.1, -0.05) is 0 Å². The molecule has 44 heavy (non-hydrogen) atoms. The Morgan fingerprint density at radius 1 is 0.977 bits per heavy atom. The number of rotatable bonds is 6. The molecule has 12 heteroatoms. The van der Waals surface area contributed by atoms with Crippen LogP contribution in [0.3, 0.4) is 0 Å². The number of imidazole rings is 2. The Hall–Kier alpha value is -4.45. The largest absolute Gasteiger partial charge is 0.381 e. The summed E-state index contributed by atoms with van der Waals surface area (Å²) in [6.07, 6.45) is 7.73. The minimum atomic E-state index is -2.55. The van der Waals surface area contributed by atoms with E-state index in [4.69, 9.17) is 5.73 Å². The average Bonchev–Trinajstić information content (AvgIpc) is 3.57. The smallest absolute Gasteiger partial charge is 0.271 e. The van der Waals surface area contributed by atoms with E-state index in [0.717, 1.165) is 42.7 Å². The second kappa shape index (κ2) is 9.28. The number of amides is 1. The molecule has 9 nitrogen and oxygen atoms in total. The molecular weight excluding hydrogens is 569 g/mol. The molecule has 4 aliphatic rings. The molecule has 4 aromatic heterocycles. The molecule has 0 spiro atoms. The molecule has 2 bridgehead atoms. The van der Waals surface area contributed by atoms with Gasteiger partial charge in [-0.05, 0) is 68.0 Å². The van der Waals surface area contributed by atoms with Gasteiger partial charge in [0.05, 0.1) is 11.4 Å². The van der Waals surface area contributed by atoms with E-state index in [1.807, 2.05) is 29.7 Å². The number of nitrogens with one attached hydrogen (secondary N) is 1. The van der Waals surface area contributed by atoms with Crippen LogP contribution in [0.4, 0.5) is 19.0 Å². The predicted octanol–water partition coefficient (Wildman–Crippen LogP) is 5.12. The zero-order chi connectivity index (χ0) is 30.4. The molecule has 1 amide bonds. The van der Waals surface area contributed by atoms with Crippen LogP contribution in [0.5, 0.6) is 0 Å². The number of alkyl halides is 2. The molecule has 0 unspecified atom stereocenters. The van der Waals surface area contributed by atoms with Crippen molar-refractivity contribution in [2.24, 2.45) is 5.41 Å². The van der Waals surface area contributed by atoms with Gasteiger partial charge in [-0.15, -0.1) is 0 Å². The lowest BCUT2D eigenvalue weighted by molar-refractivity contribution is -0.169. The van der Waals surface area contributed by atoms with E-state index >= 15 is 0 Å². The number of nitrogen functional groups attached to an aromatic ring is 1. The first-order valence-corrected chi connectivity index (χ1v) is 14.8. The molecule has 4 fully saturated rings. The molecule has 226 valence electrons. The molecule has 1 saturated heterocycles. The van der Waals surface area contributed by atoms with Crippen molar-refractivity contribution < 1.29 is 18.0 Å². The van der Waals surface area contributed by atoms with Gasteiger partial charge in [0.25, 0.3) is 11.8 Å². The van der Waals surface area contributed by atoms with Gasteiger partial charge in [0.15, 0.2) is 11.5 Å². The third kappa shape index (κ3) is 4.34. The SMILES string of the molecule is Cc1cnc2ccc(-c3c(-c4ccc(F)cc4)nc(N)c4nc(C(=O)NC56CC(CN7CCC(F)(F)CC7)(C5)C6)cn34)cn12. The Kier molecular flexibility index (Phi) is 5.72. The van der Waals surface area contributed by atoms with E-state index in [9.17, 15) is 18.0 Å². The molecule has 3 aliphatic carbocycles. The minimum Gasteiger partial charge on any atom is -0.381 e. The van der Waals surface area contributed by atoms with Gasteiger partial charge >= 0.3 is 0 Å². The zero-order valence-corrected chi connectivity index (χ0v) is 24.2. The van der Waals surface area contributed by atoms with Crippen LogP contribution in [0.15, 0.2) is 55.0 Å². The van der Waals surface area contributed by atoms with Gasteiger partial charge in [0.1, 0.15) is 17.2 Å². The first kappa shape index (κ1) is 27.1. The molecule has 0 atom stereocenters. The number of carbonyl (C=O) groups excluding carboxylic acids is 1. The second-order valence-corrected chi connectivity index (χ2v) is 13.0. The quantitative estimate of drug-likeness (QED) is 0.280. The third-order valence-corrected chi connectivity index (χ3v) is 9.61. The van der Waals surface area contributed by atoms with Crippen LogP contribution >= 0.6 is 0 Å². The maximum absolute atomic E-state index is 13.8. The summed E-state index contributed by atoms with van der Waals surface area (Å²) in [7, 11) is 0. The number of pyridine rings is 1. The van der Waals surface area contributed by atoms with Crippen molar-refractivity contribution in [3.8, 4) is 22.5 Å². The van der Waals surface area contributed by atoms with Crippen molar-refractivity contribution in [3.05, 3.63) is 72.2 Å². The summed E-state index contributed by atoms with van der Waals surface area (Å²) < 4.78 is 44.7. The number of nitrogens with zero attached hydrogens (tertiary/aromatic N) is 6. The molecule has 1 aliphatic heterocycles. The van der Waals surface area contributed by atoms with Crippen molar-refractivity contribution in [1.82, 2.24) is 34.0 Å². The lowest BCUT2D eigenvalue weighted by Gasteiger charge is -2.71. The first-order chi connectivity index (χ1) is 21.0. The van der Waals surface area contributed by atoms with E-state index in [2.05, 4.69) is 25.2 Å². The predicted molar refractivity (Wildman–Crippen MR) is 159 cm³/mol. The third-order valence-electron chi connectivity index (χ3n) is 9.61. The summed E-state index contributed by atoms with van der Waals surface area (Å²) in [5.74, 6) is -3.07. The van der Waals surface area contributed by atoms with Gasteiger partial charge in [-0.3, -0.25) is 9.20 Å². The van der Waals surface area contributed by atoms with Gasteiger partial charge < -0.3 is 20.4 Å². The number of hydrogen-bond donors (Lipinski definition) is 2. The fourth-order valence-electron chi connectivity index (χ4n) is 7.62. The Labute approximate surface area is 250 Å². The van der Waals surface area contributed by atoms with Crippen molar-refractivity contribution in [3.63, 3.8) is 0 Å². The fraction of sp³-hybridized carbons (Fsp3) is 0.375. The molecule has 3 saturated carbocycles. The number of piperidine rings is 1. The van der Waals surface area contributed by atoms with Gasteiger partial charge in [0, 0.05) is 73.4 Å². The van der Waals surface area contributed by atoms with E-state index in [1.165, 1.54) is 12.1 Å². The molecule has 9 rings (SSSR count). The molecule has 0 radical (unpaired) electrons. The number of nitrogens with two attached hydrogens (primary N) is 1. The van der Waals surface area contributed by atoms with Gasteiger partial charge in [0.2, 0.25) is 0 Å². The molecule has 1 aromatic carbocycles. The van der Waals surface area contributed by atoms with E-state index in [0.29, 0.717) is 35.7 Å². The maximum Gasteiger partial charge on any atom is 0.271 e. The Morgan fingerprint density at radius 2 is 1.68 bits per heavy atom. The summed E-state index contributed by atoms with van der Waals surface area (Å²) in [6, 6.07) is 9.85. The van der Waals surface area contributed by atoms with Crippen molar-refractivity contribution in [2.75, 3.05) is 25.4 Å². The Balaban J connectivity index is 1.10. The fourth-order valence-corrected chi connectivity index (χ4v) is 7.62. The van der Waals surface area contributed by atoms with Gasteiger partial charge in [-0.2, -0.15) is 0 Å². The monoisotopic (exact) mass is 600 g/mol. The van der Waals surface area contributed by atoms with E-state index in [1.54, 1.807) is 28.9 Å². The standard InChI is InChI=1S/C32H31F3N8O/c1-19-12-37-24-7-4-21(13-42(19)24)26-25(20-2-5-22(33)6-3-20)39-27(36)28-38-23(14-43(26)28)29(44)40-31-15-30(16-31,17-31)18-41-10-8-32(34,35)9-11-41/h2-7,12-14H,8-11,15-18H2,1H3,(H2,36,39)(H,40,44). The van der Waals surface area contributed by atoms with Crippen LogP contribution in [0.25, 0.3) is 33.8 Å². The summed E-state index contributed by atoms with van der Waals surface area (Å²) in [4.78, 5) is 29.4. The van der Waals surface area contributed by atoms with E-state index < -0.39 is 5.92 Å². The number of aromatic nitrogens is 5. The molecule has 5 heterocycles. The van der Waals surface area contributed by atoms with Crippen LogP contribution in [-0.4, -0.2) is 65.7 Å². The van der Waals surface area contributed by atoms with Crippen LogP contribution in [-0.2, 0) is 0 Å². The average molecular weight is 601 g/mol. The number of fused-ring (bicyclic) bond motifs is 2. The lowest BCUT2D eigenvalue weighted by atomic mass is 9.39. The highest BCUT2D eigenvalue weighted by atomic mass is 19.3. The molecule has 3 N–H and O–H groups in total. The van der Waals surface area contributed by atoms with Crippen LogP contribution in [0.1, 0.15) is 48.3 Å². The normalized spacial score (nSPS) is 24.3. The summed E-state index contributed by atoms with van der Waals surface area (Å²) in [6.45, 7) is 3.59. The van der Waals surface area contributed by atoms with Crippen LogP contribution < -0.4 is 11.1 Å². The van der Waals surface area contributed by atoms with Crippen LogP contribution in [0.2, 0.25) is 0 Å². The number of hydrogen-bond acceptors (Lipinski definition) is 6. The minimum absolute atomic E-state index is 0.0858. The Bertz CT molecular complexity index is 1930. The summed E-state index contributed by atoms with van der Waals surface area (Å²) in [5.41, 5.74) is 11.1. The number of aryl methyl sites for hydroxylation is 1. The number of benzene rings is 1. The van der Waals surface area contributed by atoms with Crippen LogP contribution in [0, 0.1) is 18.2 Å². The number of halogens is 3. The number of anilines is 1. The van der Waals surface area contributed by atoms with Crippen molar-refractivity contribution in [1.29, 1.82) is 0 Å². The van der Waals surface area contributed by atoms with Crippen molar-refractivity contribution in [2.45, 2.75) is 50.5 Å². The number of likely N-dealkylation sites (tertiary alicyclic amines) is 1. The highest BCUT2D eigenvalue weighted by Gasteiger charge is 2.68. The maximum atomic E-state index is 13.8. The Morgan fingerprint density at radius 3 is 2.41 bits per heavy atom. The highest BCUT2D eigenvalue weighted by molar-refractivity contribution is 5.95. The second-order valence-electron chi connectivity index (χ2n) is 13.0. The zero-order valence-electron chi connectivity index (χ0n) is 24.2. The molecular formula is C32H31F3N8O. The lowest BCUT2D eigenvalue weighted by Crippen LogP contribution is -2.77. The number of carbonyl (C=O) groups is 1.